The standard InChI is InChI=1S/C24H25FN2O3/c1-17-2-4-18(5-3-17)21(16-27-12-14-29-15-13-27)26-24(28)23-11-10-22(30-23)19-6-8-20(25)9-7-19/h2-11,21H,12-16H2,1H3,(H,26,28)/t21-/m1/s1. The fraction of sp³-hybridized carbons (Fsp3) is 0.292. The Kier molecular flexibility index (Phi) is 6.26. The lowest BCUT2D eigenvalue weighted by molar-refractivity contribution is 0.0331. The van der Waals surface area contributed by atoms with Crippen molar-refractivity contribution in [3.8, 4) is 11.3 Å². The second kappa shape index (κ2) is 9.24. The van der Waals surface area contributed by atoms with Crippen molar-refractivity contribution in [2.45, 2.75) is 13.0 Å². The molecule has 6 heteroatoms. The normalized spacial score (nSPS) is 15.7. The molecule has 0 saturated carbocycles. The second-order valence-electron chi connectivity index (χ2n) is 7.52. The lowest BCUT2D eigenvalue weighted by Gasteiger charge is -2.31. The maximum Gasteiger partial charge on any atom is 0.287 e. The van der Waals surface area contributed by atoms with Crippen LogP contribution in [-0.4, -0.2) is 43.7 Å². The summed E-state index contributed by atoms with van der Waals surface area (Å²) in [7, 11) is 0. The molecule has 5 nitrogen and oxygen atoms in total. The Morgan fingerprint density at radius 2 is 1.73 bits per heavy atom. The highest BCUT2D eigenvalue weighted by Gasteiger charge is 2.22. The van der Waals surface area contributed by atoms with Crippen LogP contribution in [0.15, 0.2) is 65.1 Å². The van der Waals surface area contributed by atoms with Crippen LogP contribution in [0.25, 0.3) is 11.3 Å². The van der Waals surface area contributed by atoms with Crippen LogP contribution in [0.2, 0.25) is 0 Å². The van der Waals surface area contributed by atoms with E-state index in [1.54, 1.807) is 24.3 Å². The van der Waals surface area contributed by atoms with E-state index >= 15 is 0 Å². The molecule has 30 heavy (non-hydrogen) atoms. The van der Waals surface area contributed by atoms with Crippen molar-refractivity contribution in [2.24, 2.45) is 0 Å². The third kappa shape index (κ3) is 4.96. The minimum absolute atomic E-state index is 0.171. The van der Waals surface area contributed by atoms with Gasteiger partial charge in [-0.05, 0) is 48.9 Å². The van der Waals surface area contributed by atoms with Gasteiger partial charge in [0.25, 0.3) is 5.91 Å². The number of carbonyl (C=O) groups excluding carboxylic acids is 1. The molecule has 156 valence electrons. The Balaban J connectivity index is 1.50. The Morgan fingerprint density at radius 1 is 1.03 bits per heavy atom. The smallest absolute Gasteiger partial charge is 0.287 e. The number of carbonyl (C=O) groups is 1. The van der Waals surface area contributed by atoms with Crippen LogP contribution in [0.4, 0.5) is 4.39 Å². The van der Waals surface area contributed by atoms with Crippen LogP contribution >= 0.6 is 0 Å². The van der Waals surface area contributed by atoms with Gasteiger partial charge in [0.2, 0.25) is 0 Å². The van der Waals surface area contributed by atoms with Crippen LogP contribution in [0, 0.1) is 12.7 Å². The monoisotopic (exact) mass is 408 g/mol. The highest BCUT2D eigenvalue weighted by atomic mass is 19.1. The molecular formula is C24H25FN2O3. The number of furan rings is 1. The predicted molar refractivity (Wildman–Crippen MR) is 113 cm³/mol. The summed E-state index contributed by atoms with van der Waals surface area (Å²) < 4.78 is 24.3. The number of halogens is 1. The van der Waals surface area contributed by atoms with E-state index in [0.29, 0.717) is 25.5 Å². The minimum atomic E-state index is -0.313. The Labute approximate surface area is 175 Å². The molecular weight excluding hydrogens is 383 g/mol. The van der Waals surface area contributed by atoms with Gasteiger partial charge in [0, 0.05) is 25.2 Å². The van der Waals surface area contributed by atoms with Gasteiger partial charge in [0.15, 0.2) is 5.76 Å². The average Bonchev–Trinajstić information content (AvgIpc) is 3.25. The SMILES string of the molecule is Cc1ccc([C@@H](CN2CCOCC2)NC(=O)c2ccc(-c3ccc(F)cc3)o2)cc1. The number of ether oxygens (including phenoxy) is 1. The fourth-order valence-electron chi connectivity index (χ4n) is 3.53. The molecule has 3 aromatic rings. The van der Waals surface area contributed by atoms with Crippen LogP contribution < -0.4 is 5.32 Å². The Bertz CT molecular complexity index is 976. The summed E-state index contributed by atoms with van der Waals surface area (Å²) in [5.41, 5.74) is 2.94. The van der Waals surface area contributed by atoms with E-state index in [-0.39, 0.29) is 23.5 Å². The van der Waals surface area contributed by atoms with Gasteiger partial charge < -0.3 is 14.5 Å². The van der Waals surface area contributed by atoms with Gasteiger partial charge in [0.05, 0.1) is 19.3 Å². The summed E-state index contributed by atoms with van der Waals surface area (Å²) in [6.45, 7) is 5.83. The first-order valence-corrected chi connectivity index (χ1v) is 10.1. The number of nitrogens with zero attached hydrogens (tertiary/aromatic N) is 1. The van der Waals surface area contributed by atoms with Crippen molar-refractivity contribution in [1.29, 1.82) is 0 Å². The fourth-order valence-corrected chi connectivity index (χ4v) is 3.53. The number of aryl methyl sites for hydroxylation is 1. The zero-order valence-electron chi connectivity index (χ0n) is 16.9. The third-order valence-corrected chi connectivity index (χ3v) is 5.29. The van der Waals surface area contributed by atoms with Gasteiger partial charge in [-0.1, -0.05) is 29.8 Å². The lowest BCUT2D eigenvalue weighted by atomic mass is 10.0. The van der Waals surface area contributed by atoms with Gasteiger partial charge in [-0.3, -0.25) is 9.69 Å². The van der Waals surface area contributed by atoms with Crippen LogP contribution in [0.1, 0.15) is 27.7 Å². The first kappa shape index (κ1) is 20.3. The number of morpholine rings is 1. The molecule has 0 radical (unpaired) electrons. The molecule has 1 atom stereocenters. The van der Waals surface area contributed by atoms with E-state index in [1.165, 1.54) is 17.7 Å². The summed E-state index contributed by atoms with van der Waals surface area (Å²) in [6, 6.07) is 17.4. The molecule has 4 rings (SSSR count). The number of benzene rings is 2. The maximum atomic E-state index is 13.2. The number of hydrogen-bond donors (Lipinski definition) is 1. The van der Waals surface area contributed by atoms with Crippen LogP contribution in [0.5, 0.6) is 0 Å². The van der Waals surface area contributed by atoms with Gasteiger partial charge in [0.1, 0.15) is 11.6 Å². The zero-order chi connectivity index (χ0) is 20.9. The highest BCUT2D eigenvalue weighted by molar-refractivity contribution is 5.92. The van der Waals surface area contributed by atoms with Gasteiger partial charge >= 0.3 is 0 Å². The molecule has 1 aliphatic rings. The van der Waals surface area contributed by atoms with Crippen LogP contribution in [-0.2, 0) is 4.74 Å². The summed E-state index contributed by atoms with van der Waals surface area (Å²) in [5, 5.41) is 3.12. The maximum absolute atomic E-state index is 13.2. The lowest BCUT2D eigenvalue weighted by Crippen LogP contribution is -2.43. The van der Waals surface area contributed by atoms with Crippen molar-refractivity contribution in [3.63, 3.8) is 0 Å². The molecule has 0 aliphatic carbocycles. The topological polar surface area (TPSA) is 54.7 Å². The first-order valence-electron chi connectivity index (χ1n) is 10.1. The van der Waals surface area contributed by atoms with E-state index in [0.717, 1.165) is 24.2 Å². The molecule has 2 aromatic carbocycles. The number of hydrogen-bond acceptors (Lipinski definition) is 4. The van der Waals surface area contributed by atoms with Crippen molar-refractivity contribution < 1.29 is 18.3 Å². The minimum Gasteiger partial charge on any atom is -0.451 e. The molecule has 0 bridgehead atoms. The van der Waals surface area contributed by atoms with Crippen molar-refractivity contribution in [1.82, 2.24) is 10.2 Å². The zero-order valence-corrected chi connectivity index (χ0v) is 16.9. The quantitative estimate of drug-likeness (QED) is 0.664. The molecule has 1 N–H and O–H groups in total. The average molecular weight is 408 g/mol. The van der Waals surface area contributed by atoms with Crippen molar-refractivity contribution in [2.75, 3.05) is 32.8 Å². The number of rotatable bonds is 6. The molecule has 1 aromatic heterocycles. The summed E-state index contributed by atoms with van der Waals surface area (Å²) in [4.78, 5) is 15.2. The van der Waals surface area contributed by atoms with Crippen molar-refractivity contribution >= 4 is 5.91 Å². The van der Waals surface area contributed by atoms with Gasteiger partial charge in [-0.15, -0.1) is 0 Å². The van der Waals surface area contributed by atoms with E-state index in [2.05, 4.69) is 10.2 Å². The summed E-state index contributed by atoms with van der Waals surface area (Å²) in [5.74, 6) is 0.170. The second-order valence-corrected chi connectivity index (χ2v) is 7.52. The predicted octanol–water partition coefficient (Wildman–Crippen LogP) is 4.20. The molecule has 0 unspecified atom stereocenters. The molecule has 1 amide bonds. The molecule has 1 fully saturated rings. The van der Waals surface area contributed by atoms with Crippen LogP contribution in [0.3, 0.4) is 0 Å². The Morgan fingerprint density at radius 3 is 2.43 bits per heavy atom. The molecule has 1 saturated heterocycles. The number of nitrogens with one attached hydrogen (secondary N) is 1. The van der Waals surface area contributed by atoms with E-state index in [9.17, 15) is 9.18 Å². The largest absolute Gasteiger partial charge is 0.451 e. The summed E-state index contributed by atoms with van der Waals surface area (Å²) >= 11 is 0. The highest BCUT2D eigenvalue weighted by Crippen LogP contribution is 2.23. The van der Waals surface area contributed by atoms with Crippen molar-refractivity contribution in [3.05, 3.63) is 83.4 Å². The molecule has 2 heterocycles. The Hall–Kier alpha value is -2.96. The summed E-state index contributed by atoms with van der Waals surface area (Å²) in [6.07, 6.45) is 0. The van der Waals surface area contributed by atoms with E-state index < -0.39 is 0 Å². The van der Waals surface area contributed by atoms with Gasteiger partial charge in [-0.25, -0.2) is 4.39 Å². The number of amides is 1. The van der Waals surface area contributed by atoms with E-state index in [1.807, 2.05) is 31.2 Å². The molecule has 0 spiro atoms. The molecule has 1 aliphatic heterocycles. The first-order chi connectivity index (χ1) is 14.6. The van der Waals surface area contributed by atoms with Gasteiger partial charge in [-0.2, -0.15) is 0 Å². The van der Waals surface area contributed by atoms with E-state index in [4.69, 9.17) is 9.15 Å². The third-order valence-electron chi connectivity index (χ3n) is 5.29.